The van der Waals surface area contributed by atoms with E-state index in [0.29, 0.717) is 31.5 Å². The van der Waals surface area contributed by atoms with Crippen molar-refractivity contribution in [3.63, 3.8) is 0 Å². The molecule has 0 aliphatic carbocycles. The van der Waals surface area contributed by atoms with Gasteiger partial charge in [0.05, 0.1) is 13.1 Å². The maximum absolute atomic E-state index is 12.4. The van der Waals surface area contributed by atoms with E-state index in [1.54, 1.807) is 6.92 Å². The Morgan fingerprint density at radius 1 is 0.833 bits per heavy atom. The molecule has 0 saturated carbocycles. The number of carboxylic acids is 3. The van der Waals surface area contributed by atoms with Crippen LogP contribution in [-0.2, 0) is 24.0 Å². The molecule has 0 aromatic carbocycles. The Morgan fingerprint density at radius 3 is 1.94 bits per heavy atom. The predicted molar refractivity (Wildman–Crippen MR) is 134 cm³/mol. The molecular weight excluding hydrogens is 470 g/mol. The highest BCUT2D eigenvalue weighted by Gasteiger charge is 2.28. The Bertz CT molecular complexity index is 725. The number of hydrogen-bond donors (Lipinski definition) is 5. The fourth-order valence-electron chi connectivity index (χ4n) is 3.81. The molecule has 0 heterocycles. The van der Waals surface area contributed by atoms with Crippen LogP contribution < -0.4 is 10.6 Å². The van der Waals surface area contributed by atoms with Gasteiger partial charge in [-0.3, -0.25) is 28.9 Å². The van der Waals surface area contributed by atoms with E-state index in [-0.39, 0.29) is 30.6 Å². The molecule has 206 valence electrons. The van der Waals surface area contributed by atoms with Crippen molar-refractivity contribution in [3.8, 4) is 0 Å². The minimum Gasteiger partial charge on any atom is -0.480 e. The van der Waals surface area contributed by atoms with E-state index >= 15 is 0 Å². The summed E-state index contributed by atoms with van der Waals surface area (Å²) in [6, 6.07) is -1.25. The highest BCUT2D eigenvalue weighted by Crippen LogP contribution is 2.15. The molecule has 0 aliphatic rings. The summed E-state index contributed by atoms with van der Waals surface area (Å²) in [7, 11) is 0. The normalized spacial score (nSPS) is 12.5. The maximum atomic E-state index is 12.4. The van der Waals surface area contributed by atoms with Gasteiger partial charge < -0.3 is 26.0 Å². The molecule has 11 nitrogen and oxygen atoms in total. The number of nitrogens with zero attached hydrogens (tertiary/aromatic N) is 1. The van der Waals surface area contributed by atoms with E-state index in [1.807, 2.05) is 0 Å². The zero-order valence-electron chi connectivity index (χ0n) is 21.6. The number of carbonyl (C=O) groups is 5. The Morgan fingerprint density at radius 2 is 1.42 bits per heavy atom. The van der Waals surface area contributed by atoms with Gasteiger partial charge in [-0.15, -0.1) is 0 Å². The molecule has 2 amide bonds. The van der Waals surface area contributed by atoms with Crippen molar-refractivity contribution >= 4 is 29.7 Å². The molecule has 2 atom stereocenters. The van der Waals surface area contributed by atoms with Crippen LogP contribution in [0.25, 0.3) is 0 Å². The van der Waals surface area contributed by atoms with Crippen LogP contribution in [0.3, 0.4) is 0 Å². The average Bonchev–Trinajstić information content (AvgIpc) is 2.77. The Kier molecular flexibility index (Phi) is 17.7. The highest BCUT2D eigenvalue weighted by molar-refractivity contribution is 5.92. The molecule has 5 N–H and O–H groups in total. The molecule has 2 unspecified atom stereocenters. The van der Waals surface area contributed by atoms with Crippen LogP contribution in [0, 0.1) is 5.92 Å². The minimum atomic E-state index is -1.31. The monoisotopic (exact) mass is 513 g/mol. The topological polar surface area (TPSA) is 173 Å². The zero-order chi connectivity index (χ0) is 27.5. The van der Waals surface area contributed by atoms with Crippen molar-refractivity contribution in [2.75, 3.05) is 26.2 Å². The van der Waals surface area contributed by atoms with Gasteiger partial charge in [0, 0.05) is 25.1 Å². The van der Waals surface area contributed by atoms with Crippen molar-refractivity contribution in [1.29, 1.82) is 0 Å². The predicted octanol–water partition coefficient (Wildman–Crippen LogP) is 2.26. The second kappa shape index (κ2) is 19.3. The van der Waals surface area contributed by atoms with Crippen LogP contribution in [-0.4, -0.2) is 82.2 Å². The first-order valence-electron chi connectivity index (χ1n) is 12.6. The van der Waals surface area contributed by atoms with Crippen LogP contribution in [0.2, 0.25) is 0 Å². The first-order valence-corrected chi connectivity index (χ1v) is 12.6. The number of nitrogens with one attached hydrogen (secondary N) is 2. The van der Waals surface area contributed by atoms with Gasteiger partial charge in [0.1, 0.15) is 6.04 Å². The summed E-state index contributed by atoms with van der Waals surface area (Å²) in [5, 5.41) is 33.0. The lowest BCUT2D eigenvalue weighted by Gasteiger charge is -2.25. The number of amides is 2. The Hall–Kier alpha value is -2.95. The van der Waals surface area contributed by atoms with Crippen LogP contribution in [0.1, 0.15) is 78.1 Å². The molecule has 0 rings (SSSR count). The number of aliphatic carboxylic acids is 3. The summed E-state index contributed by atoms with van der Waals surface area (Å²) in [6.45, 7) is 6.70. The molecule has 0 aromatic heterocycles. The highest BCUT2D eigenvalue weighted by atomic mass is 16.4. The molecule has 36 heavy (non-hydrogen) atoms. The molecule has 0 saturated heterocycles. The quantitative estimate of drug-likeness (QED) is 0.107. The fourth-order valence-corrected chi connectivity index (χ4v) is 3.81. The lowest BCUT2D eigenvalue weighted by Crippen LogP contribution is -2.46. The number of hydrogen-bond acceptors (Lipinski definition) is 6. The average molecular weight is 514 g/mol. The van der Waals surface area contributed by atoms with Crippen molar-refractivity contribution in [3.05, 3.63) is 12.2 Å². The number of rotatable bonds is 22. The number of carboxylic acid groups (broad SMARTS) is 3. The summed E-state index contributed by atoms with van der Waals surface area (Å²) < 4.78 is 0. The molecule has 0 fully saturated rings. The fraction of sp³-hybridized carbons (Fsp3) is 0.720. The van der Waals surface area contributed by atoms with Gasteiger partial charge in [0.2, 0.25) is 11.8 Å². The van der Waals surface area contributed by atoms with E-state index in [4.69, 9.17) is 10.2 Å². The van der Waals surface area contributed by atoms with Gasteiger partial charge in [0.25, 0.3) is 0 Å². The van der Waals surface area contributed by atoms with Gasteiger partial charge in [-0.2, -0.15) is 0 Å². The van der Waals surface area contributed by atoms with Crippen LogP contribution in [0.5, 0.6) is 0 Å². The summed E-state index contributed by atoms with van der Waals surface area (Å²) >= 11 is 0. The second-order valence-corrected chi connectivity index (χ2v) is 9.16. The lowest BCUT2D eigenvalue weighted by molar-refractivity contribution is -0.149. The first kappa shape index (κ1) is 33.0. The van der Waals surface area contributed by atoms with Gasteiger partial charge in [0.15, 0.2) is 0 Å². The first-order chi connectivity index (χ1) is 17.0. The van der Waals surface area contributed by atoms with Gasteiger partial charge in [-0.25, -0.2) is 0 Å². The van der Waals surface area contributed by atoms with E-state index in [1.165, 1.54) is 6.42 Å². The summed E-state index contributed by atoms with van der Waals surface area (Å²) in [5.74, 6) is -4.32. The van der Waals surface area contributed by atoms with Crippen molar-refractivity contribution in [1.82, 2.24) is 15.5 Å². The van der Waals surface area contributed by atoms with E-state index in [0.717, 1.165) is 37.0 Å². The largest absolute Gasteiger partial charge is 0.480 e. The molecule has 11 heteroatoms. The number of carbonyl (C=O) groups excluding carboxylic acids is 2. The summed E-state index contributed by atoms with van der Waals surface area (Å²) in [5.41, 5.74) is 0.408. The third-order valence-electron chi connectivity index (χ3n) is 5.76. The van der Waals surface area contributed by atoms with Crippen molar-refractivity contribution in [2.45, 2.75) is 84.1 Å². The molecule has 0 bridgehead atoms. The maximum Gasteiger partial charge on any atom is 0.320 e. The zero-order valence-corrected chi connectivity index (χ0v) is 21.6. The summed E-state index contributed by atoms with van der Waals surface area (Å²) in [4.78, 5) is 58.7. The van der Waals surface area contributed by atoms with Gasteiger partial charge in [-0.1, -0.05) is 45.6 Å². The van der Waals surface area contributed by atoms with E-state index < -0.39 is 37.0 Å². The molecule has 0 aliphatic heterocycles. The van der Waals surface area contributed by atoms with E-state index in [2.05, 4.69) is 24.1 Å². The Balaban J connectivity index is 4.63. The third kappa shape index (κ3) is 16.6. The molecule has 0 spiro atoms. The van der Waals surface area contributed by atoms with E-state index in [9.17, 15) is 29.1 Å². The summed E-state index contributed by atoms with van der Waals surface area (Å²) in [6.07, 6.45) is 7.45. The standard InChI is InChI=1S/C25H43N3O8/c1-4-5-6-7-8-11-19(15-27-24(34)18(2)3)14-21(29)26-13-10-9-12-20(25(35)36)28(16-22(30)31)17-23(32)33/h19-20H,2,4-17H2,1,3H3,(H,26,29)(H,27,34)(H,30,31)(H,32,33)(H,35,36). The van der Waals surface area contributed by atoms with Crippen molar-refractivity contribution in [2.24, 2.45) is 5.92 Å². The molecule has 0 radical (unpaired) electrons. The lowest BCUT2D eigenvalue weighted by atomic mass is 9.96. The Labute approximate surface area is 213 Å². The van der Waals surface area contributed by atoms with Crippen LogP contribution in [0.15, 0.2) is 12.2 Å². The van der Waals surface area contributed by atoms with Gasteiger partial charge in [-0.05, 0) is 38.5 Å². The number of unbranched alkanes of at least 4 members (excludes halogenated alkanes) is 5. The minimum absolute atomic E-state index is 0.00749. The SMILES string of the molecule is C=C(C)C(=O)NCC(CCCCCCC)CC(=O)NCCCCC(C(=O)O)N(CC(=O)O)CC(=O)O. The van der Waals surface area contributed by atoms with Gasteiger partial charge >= 0.3 is 17.9 Å². The second-order valence-electron chi connectivity index (χ2n) is 9.16. The van der Waals surface area contributed by atoms with Crippen LogP contribution in [0.4, 0.5) is 0 Å². The van der Waals surface area contributed by atoms with Crippen molar-refractivity contribution < 1.29 is 39.3 Å². The smallest absolute Gasteiger partial charge is 0.320 e. The molecule has 0 aromatic rings. The third-order valence-corrected chi connectivity index (χ3v) is 5.76. The van der Waals surface area contributed by atoms with Crippen LogP contribution >= 0.6 is 0 Å². The molecular formula is C25H43N3O8.